The number of hydrogen-bond acceptors (Lipinski definition) is 3. The van der Waals surface area contributed by atoms with E-state index >= 15 is 0 Å². The Morgan fingerprint density at radius 3 is 2.43 bits per heavy atom. The van der Waals surface area contributed by atoms with E-state index in [2.05, 4.69) is 9.72 Å². The maximum Gasteiger partial charge on any atom is 0.574 e. The Bertz CT molecular complexity index is 356. The van der Waals surface area contributed by atoms with Gasteiger partial charge >= 0.3 is 6.36 Å². The van der Waals surface area contributed by atoms with E-state index in [0.29, 0.717) is 0 Å². The van der Waals surface area contributed by atoms with Gasteiger partial charge < -0.3 is 10.5 Å². The highest BCUT2D eigenvalue weighted by atomic mass is 35.5. The molecule has 1 aromatic rings. The van der Waals surface area contributed by atoms with Crippen LogP contribution in [-0.4, -0.2) is 11.3 Å². The molecule has 1 heterocycles. The van der Waals surface area contributed by atoms with E-state index in [1.165, 1.54) is 0 Å². The Hall–Kier alpha value is -0.880. The van der Waals surface area contributed by atoms with E-state index in [9.17, 15) is 13.2 Å². The number of nitrogen functional groups attached to an aromatic ring is 1. The van der Waals surface area contributed by atoms with Crippen LogP contribution < -0.4 is 10.5 Å². The molecule has 14 heavy (non-hydrogen) atoms. The third-order valence-corrected chi connectivity index (χ3v) is 1.86. The number of pyridine rings is 1. The van der Waals surface area contributed by atoms with E-state index in [-0.39, 0.29) is 10.7 Å². The first-order valence-corrected chi connectivity index (χ1v) is 3.92. The Kier molecular flexibility index (Phi) is 2.96. The zero-order valence-corrected chi connectivity index (χ0v) is 7.91. The summed E-state index contributed by atoms with van der Waals surface area (Å²) in [5.74, 6) is -0.818. The molecule has 0 aliphatic heterocycles. The van der Waals surface area contributed by atoms with Crippen molar-refractivity contribution in [3.05, 3.63) is 16.2 Å². The van der Waals surface area contributed by atoms with Gasteiger partial charge in [0.1, 0.15) is 5.02 Å². The van der Waals surface area contributed by atoms with E-state index in [4.69, 9.17) is 28.9 Å². The van der Waals surface area contributed by atoms with Crippen molar-refractivity contribution in [2.24, 2.45) is 0 Å². The minimum atomic E-state index is -4.86. The molecule has 0 radical (unpaired) electrons. The van der Waals surface area contributed by atoms with Gasteiger partial charge in [-0.25, -0.2) is 4.98 Å². The highest BCUT2D eigenvalue weighted by Crippen LogP contribution is 2.35. The highest BCUT2D eigenvalue weighted by Gasteiger charge is 2.33. The molecule has 0 saturated heterocycles. The van der Waals surface area contributed by atoms with Crippen LogP contribution in [0.1, 0.15) is 0 Å². The third kappa shape index (κ3) is 2.55. The molecule has 2 N–H and O–H groups in total. The van der Waals surface area contributed by atoms with Gasteiger partial charge in [0.15, 0.2) is 0 Å². The lowest BCUT2D eigenvalue weighted by Crippen LogP contribution is -2.18. The predicted octanol–water partition coefficient (Wildman–Crippen LogP) is 2.87. The predicted molar refractivity (Wildman–Crippen MR) is 45.4 cm³/mol. The molecule has 0 aliphatic rings. The fraction of sp³-hybridized carbons (Fsp3) is 0.167. The fourth-order valence-electron chi connectivity index (χ4n) is 0.642. The number of ether oxygens (including phenoxy) is 1. The molecule has 0 aliphatic carbocycles. The summed E-state index contributed by atoms with van der Waals surface area (Å²) in [4.78, 5) is 3.24. The van der Waals surface area contributed by atoms with Crippen LogP contribution in [0.3, 0.4) is 0 Å². The van der Waals surface area contributed by atoms with E-state index in [1.807, 2.05) is 0 Å². The van der Waals surface area contributed by atoms with Crippen LogP contribution in [0.2, 0.25) is 10.0 Å². The molecule has 3 nitrogen and oxygen atoms in total. The summed E-state index contributed by atoms with van der Waals surface area (Å²) in [6, 6.07) is 0. The monoisotopic (exact) mass is 246 g/mol. The summed E-state index contributed by atoms with van der Waals surface area (Å²) in [6.45, 7) is 0. The summed E-state index contributed by atoms with van der Waals surface area (Å²) < 4.78 is 38.8. The fourth-order valence-corrected chi connectivity index (χ4v) is 1.02. The van der Waals surface area contributed by atoms with Crippen LogP contribution in [0.4, 0.5) is 18.9 Å². The maximum absolute atomic E-state index is 11.8. The molecule has 8 heteroatoms. The molecular weight excluding hydrogens is 244 g/mol. The molecule has 0 atom stereocenters. The molecule has 0 aromatic carbocycles. The first kappa shape index (κ1) is 11.2. The first-order valence-electron chi connectivity index (χ1n) is 3.16. The zero-order valence-electron chi connectivity index (χ0n) is 6.40. The molecule has 1 aromatic heterocycles. The van der Waals surface area contributed by atoms with Crippen molar-refractivity contribution < 1.29 is 17.9 Å². The Morgan fingerprint density at radius 2 is 1.93 bits per heavy atom. The number of nitrogens with zero attached hydrogens (tertiary/aromatic N) is 1. The third-order valence-electron chi connectivity index (χ3n) is 1.19. The molecule has 0 saturated carbocycles. The topological polar surface area (TPSA) is 48.1 Å². The molecule has 1 rings (SSSR count). The summed E-state index contributed by atoms with van der Waals surface area (Å²) in [6.07, 6.45) is -3.94. The number of hydrogen-bond donors (Lipinski definition) is 1. The van der Waals surface area contributed by atoms with Crippen molar-refractivity contribution in [1.29, 1.82) is 0 Å². The average molecular weight is 247 g/mol. The maximum atomic E-state index is 11.8. The molecule has 0 fully saturated rings. The van der Waals surface area contributed by atoms with E-state index < -0.39 is 17.3 Å². The second kappa shape index (κ2) is 3.70. The van der Waals surface area contributed by atoms with Crippen LogP contribution in [-0.2, 0) is 0 Å². The number of aromatic nitrogens is 1. The van der Waals surface area contributed by atoms with Gasteiger partial charge in [-0.2, -0.15) is 0 Å². The lowest BCUT2D eigenvalue weighted by atomic mass is 10.4. The van der Waals surface area contributed by atoms with Gasteiger partial charge in [0.05, 0.1) is 16.9 Å². The van der Waals surface area contributed by atoms with Crippen molar-refractivity contribution in [2.45, 2.75) is 6.36 Å². The van der Waals surface area contributed by atoms with Gasteiger partial charge in [-0.3, -0.25) is 0 Å². The minimum Gasteiger partial charge on any atom is -0.396 e. The minimum absolute atomic E-state index is 0.0375. The van der Waals surface area contributed by atoms with E-state index in [1.54, 1.807) is 0 Å². The molecule has 0 spiro atoms. The Balaban J connectivity index is 3.06. The van der Waals surface area contributed by atoms with Gasteiger partial charge in [0.25, 0.3) is 0 Å². The first-order chi connectivity index (χ1) is 6.31. The van der Waals surface area contributed by atoms with Crippen molar-refractivity contribution >= 4 is 28.9 Å². The van der Waals surface area contributed by atoms with Gasteiger partial charge in [0, 0.05) is 0 Å². The van der Waals surface area contributed by atoms with Crippen LogP contribution >= 0.6 is 23.2 Å². The van der Waals surface area contributed by atoms with Gasteiger partial charge in [-0.1, -0.05) is 23.2 Å². The molecular formula is C6H3Cl2F3N2O. The van der Waals surface area contributed by atoms with Crippen LogP contribution in [0.5, 0.6) is 5.88 Å². The zero-order chi connectivity index (χ0) is 10.9. The van der Waals surface area contributed by atoms with Crippen LogP contribution in [0, 0.1) is 0 Å². The standard InChI is InChI=1S/C6H3Cl2F3N2O/c7-2-1-13-5(3(8)4(2)12)14-6(9,10)11/h1H,(H2,12,13). The smallest absolute Gasteiger partial charge is 0.396 e. The Labute approximate surface area is 86.6 Å². The molecule has 0 unspecified atom stereocenters. The van der Waals surface area contributed by atoms with Crippen molar-refractivity contribution in [2.75, 3.05) is 5.73 Å². The molecule has 78 valence electrons. The van der Waals surface area contributed by atoms with Crippen molar-refractivity contribution in [1.82, 2.24) is 4.98 Å². The normalized spacial score (nSPS) is 11.5. The van der Waals surface area contributed by atoms with Crippen molar-refractivity contribution in [3.63, 3.8) is 0 Å². The second-order valence-electron chi connectivity index (χ2n) is 2.19. The summed E-state index contributed by atoms with van der Waals surface area (Å²) in [5.41, 5.74) is 5.04. The number of alkyl halides is 3. The highest BCUT2D eigenvalue weighted by molar-refractivity contribution is 6.39. The van der Waals surface area contributed by atoms with Crippen LogP contribution in [0.25, 0.3) is 0 Å². The van der Waals surface area contributed by atoms with E-state index in [0.717, 1.165) is 6.20 Å². The lowest BCUT2D eigenvalue weighted by molar-refractivity contribution is -0.276. The number of rotatable bonds is 1. The molecule has 0 amide bonds. The van der Waals surface area contributed by atoms with Gasteiger partial charge in [0.2, 0.25) is 5.88 Å². The number of anilines is 1. The summed E-state index contributed by atoms with van der Waals surface area (Å²) in [5, 5.41) is -0.501. The molecule has 0 bridgehead atoms. The SMILES string of the molecule is Nc1c(Cl)cnc(OC(F)(F)F)c1Cl. The second-order valence-corrected chi connectivity index (χ2v) is 2.97. The number of halogens is 5. The van der Waals surface area contributed by atoms with Gasteiger partial charge in [-0.05, 0) is 0 Å². The Morgan fingerprint density at radius 1 is 1.36 bits per heavy atom. The average Bonchev–Trinajstić information content (AvgIpc) is 2.04. The lowest BCUT2D eigenvalue weighted by Gasteiger charge is -2.10. The summed E-state index contributed by atoms with van der Waals surface area (Å²) in [7, 11) is 0. The largest absolute Gasteiger partial charge is 0.574 e. The number of nitrogens with two attached hydrogens (primary N) is 1. The van der Waals surface area contributed by atoms with Crippen molar-refractivity contribution in [3.8, 4) is 5.88 Å². The quantitative estimate of drug-likeness (QED) is 0.829. The summed E-state index contributed by atoms with van der Waals surface area (Å²) >= 11 is 10.9. The van der Waals surface area contributed by atoms with Gasteiger partial charge in [-0.15, -0.1) is 13.2 Å². The van der Waals surface area contributed by atoms with Crippen LogP contribution in [0.15, 0.2) is 6.20 Å².